The van der Waals surface area contributed by atoms with Gasteiger partial charge < -0.3 is 10.2 Å². The van der Waals surface area contributed by atoms with Crippen LogP contribution in [0.5, 0.6) is 0 Å². The third kappa shape index (κ3) is 3.20. The van der Waals surface area contributed by atoms with Crippen LogP contribution in [0.1, 0.15) is 32.1 Å². The van der Waals surface area contributed by atoms with E-state index in [2.05, 4.69) is 15.3 Å². The summed E-state index contributed by atoms with van der Waals surface area (Å²) in [6.07, 6.45) is 7.81. The zero-order chi connectivity index (χ0) is 13.8. The molecule has 0 radical (unpaired) electrons. The van der Waals surface area contributed by atoms with Crippen LogP contribution in [0, 0.1) is 5.92 Å². The topological polar surface area (TPSA) is 50.2 Å². The van der Waals surface area contributed by atoms with Crippen LogP contribution in [0.2, 0.25) is 0 Å². The molecule has 0 saturated carbocycles. The largest absolute Gasteiger partial charge is 0.370 e. The number of aryl methyl sites for hydroxylation is 1. The number of hydrogen-bond acceptors (Lipinski definition) is 4. The lowest BCUT2D eigenvalue weighted by Gasteiger charge is -2.22. The third-order valence-corrected chi connectivity index (χ3v) is 4.53. The Bertz CT molecular complexity index is 487. The maximum absolute atomic E-state index is 12.1. The van der Waals surface area contributed by atoms with E-state index < -0.39 is 0 Å². The van der Waals surface area contributed by atoms with E-state index >= 15 is 0 Å². The summed E-state index contributed by atoms with van der Waals surface area (Å²) in [7, 11) is 0. The molecule has 0 atom stereocenters. The summed E-state index contributed by atoms with van der Waals surface area (Å²) in [5.41, 5.74) is 1.04. The summed E-state index contributed by atoms with van der Waals surface area (Å²) in [4.78, 5) is 14.4. The molecule has 20 heavy (non-hydrogen) atoms. The number of nitrogens with zero attached hydrogens (tertiary/aromatic N) is 3. The van der Waals surface area contributed by atoms with E-state index in [4.69, 9.17) is 0 Å². The molecular weight excluding hydrogens is 252 g/mol. The minimum absolute atomic E-state index is 0.0448. The lowest BCUT2D eigenvalue weighted by molar-refractivity contribution is 0.329. The Hall–Kier alpha value is -1.36. The van der Waals surface area contributed by atoms with Crippen LogP contribution in [0.4, 0.5) is 5.69 Å². The molecule has 5 heteroatoms. The Morgan fingerprint density at radius 2 is 2.00 bits per heavy atom. The summed E-state index contributed by atoms with van der Waals surface area (Å²) < 4.78 is 1.63. The molecule has 2 saturated heterocycles. The lowest BCUT2D eigenvalue weighted by Crippen LogP contribution is -2.30. The maximum Gasteiger partial charge on any atom is 0.268 e. The highest BCUT2D eigenvalue weighted by molar-refractivity contribution is 5.43. The molecule has 1 aromatic rings. The minimum atomic E-state index is 0.0448. The molecule has 110 valence electrons. The Morgan fingerprint density at radius 3 is 2.70 bits per heavy atom. The molecule has 2 aliphatic rings. The van der Waals surface area contributed by atoms with Gasteiger partial charge in [0.15, 0.2) is 0 Å². The molecule has 1 aromatic heterocycles. The normalized spacial score (nSPS) is 20.5. The zero-order valence-corrected chi connectivity index (χ0v) is 12.1. The van der Waals surface area contributed by atoms with E-state index in [9.17, 15) is 4.79 Å². The fourth-order valence-corrected chi connectivity index (χ4v) is 3.22. The first-order valence-electron chi connectivity index (χ1n) is 7.86. The van der Waals surface area contributed by atoms with Gasteiger partial charge >= 0.3 is 0 Å². The van der Waals surface area contributed by atoms with Gasteiger partial charge in [0.25, 0.3) is 5.56 Å². The summed E-state index contributed by atoms with van der Waals surface area (Å²) in [5, 5.41) is 7.73. The van der Waals surface area contributed by atoms with Gasteiger partial charge in [-0.15, -0.1) is 0 Å². The van der Waals surface area contributed by atoms with Crippen molar-refractivity contribution >= 4 is 5.69 Å². The van der Waals surface area contributed by atoms with E-state index in [0.717, 1.165) is 50.7 Å². The average Bonchev–Trinajstić information content (AvgIpc) is 3.01. The number of piperidine rings is 1. The summed E-state index contributed by atoms with van der Waals surface area (Å²) >= 11 is 0. The number of rotatable bonds is 4. The summed E-state index contributed by atoms with van der Waals surface area (Å²) in [5.74, 6) is 0.739. The molecule has 0 bridgehead atoms. The SMILES string of the molecule is O=c1cc(N2CCCC2)cnn1CCC1CCNCC1. The predicted molar refractivity (Wildman–Crippen MR) is 80.2 cm³/mol. The molecule has 2 fully saturated rings. The van der Waals surface area contributed by atoms with Crippen LogP contribution in [-0.2, 0) is 6.54 Å². The molecular formula is C15H24N4O. The quantitative estimate of drug-likeness (QED) is 0.899. The van der Waals surface area contributed by atoms with Crippen LogP contribution in [0.3, 0.4) is 0 Å². The van der Waals surface area contributed by atoms with Crippen molar-refractivity contribution in [2.75, 3.05) is 31.1 Å². The van der Waals surface area contributed by atoms with Gasteiger partial charge in [-0.2, -0.15) is 5.10 Å². The van der Waals surface area contributed by atoms with Crippen molar-refractivity contribution in [3.63, 3.8) is 0 Å². The fourth-order valence-electron chi connectivity index (χ4n) is 3.22. The second-order valence-electron chi connectivity index (χ2n) is 5.95. The molecule has 0 aromatic carbocycles. The maximum atomic E-state index is 12.1. The zero-order valence-electron chi connectivity index (χ0n) is 12.1. The first kappa shape index (κ1) is 13.6. The van der Waals surface area contributed by atoms with Gasteiger partial charge in [0.05, 0.1) is 11.9 Å². The molecule has 2 aliphatic heterocycles. The molecule has 0 spiro atoms. The number of aromatic nitrogens is 2. The van der Waals surface area contributed by atoms with Crippen molar-refractivity contribution in [2.45, 2.75) is 38.6 Å². The first-order valence-corrected chi connectivity index (χ1v) is 7.86. The van der Waals surface area contributed by atoms with Crippen molar-refractivity contribution in [3.05, 3.63) is 22.6 Å². The number of nitrogens with one attached hydrogen (secondary N) is 1. The highest BCUT2D eigenvalue weighted by Crippen LogP contribution is 2.18. The van der Waals surface area contributed by atoms with Gasteiger partial charge in [0.1, 0.15) is 0 Å². The van der Waals surface area contributed by atoms with Crippen molar-refractivity contribution in [3.8, 4) is 0 Å². The number of anilines is 1. The standard InChI is InChI=1S/C15H24N4O/c20-15-11-14(18-8-1-2-9-18)12-17-19(15)10-5-13-3-6-16-7-4-13/h11-13,16H,1-10H2. The van der Waals surface area contributed by atoms with Gasteiger partial charge in [-0.3, -0.25) is 4.79 Å². The van der Waals surface area contributed by atoms with E-state index in [-0.39, 0.29) is 5.56 Å². The van der Waals surface area contributed by atoms with Crippen molar-refractivity contribution in [1.82, 2.24) is 15.1 Å². The Kier molecular flexibility index (Phi) is 4.35. The van der Waals surface area contributed by atoms with Crippen LogP contribution in [0.25, 0.3) is 0 Å². The van der Waals surface area contributed by atoms with Crippen molar-refractivity contribution in [1.29, 1.82) is 0 Å². The second kappa shape index (κ2) is 6.39. The van der Waals surface area contributed by atoms with Crippen molar-refractivity contribution < 1.29 is 0 Å². The van der Waals surface area contributed by atoms with E-state index in [0.29, 0.717) is 0 Å². The number of hydrogen-bond donors (Lipinski definition) is 1. The van der Waals surface area contributed by atoms with Gasteiger partial charge in [-0.1, -0.05) is 0 Å². The Labute approximate surface area is 120 Å². The van der Waals surface area contributed by atoms with Gasteiger partial charge in [-0.25, -0.2) is 4.68 Å². The highest BCUT2D eigenvalue weighted by Gasteiger charge is 2.15. The van der Waals surface area contributed by atoms with E-state index in [1.54, 1.807) is 10.7 Å². The summed E-state index contributed by atoms with van der Waals surface area (Å²) in [6.45, 7) is 5.09. The van der Waals surface area contributed by atoms with Crippen LogP contribution < -0.4 is 15.8 Å². The first-order chi connectivity index (χ1) is 9.83. The van der Waals surface area contributed by atoms with Crippen molar-refractivity contribution in [2.24, 2.45) is 5.92 Å². The molecule has 0 amide bonds. The molecule has 1 N–H and O–H groups in total. The van der Waals surface area contributed by atoms with Crippen LogP contribution in [0.15, 0.2) is 17.1 Å². The Morgan fingerprint density at radius 1 is 1.25 bits per heavy atom. The van der Waals surface area contributed by atoms with Gasteiger partial charge in [-0.05, 0) is 51.1 Å². The fraction of sp³-hybridized carbons (Fsp3) is 0.733. The third-order valence-electron chi connectivity index (χ3n) is 4.53. The average molecular weight is 276 g/mol. The summed E-state index contributed by atoms with van der Waals surface area (Å²) in [6, 6.07) is 1.75. The highest BCUT2D eigenvalue weighted by atomic mass is 16.1. The Balaban J connectivity index is 1.60. The van der Waals surface area contributed by atoms with E-state index in [1.165, 1.54) is 25.7 Å². The molecule has 0 unspecified atom stereocenters. The monoisotopic (exact) mass is 276 g/mol. The molecule has 0 aliphatic carbocycles. The lowest BCUT2D eigenvalue weighted by atomic mass is 9.95. The smallest absolute Gasteiger partial charge is 0.268 e. The predicted octanol–water partition coefficient (Wildman–Crippen LogP) is 1.23. The van der Waals surface area contributed by atoms with Crippen LogP contribution >= 0.6 is 0 Å². The second-order valence-corrected chi connectivity index (χ2v) is 5.95. The van der Waals surface area contributed by atoms with Gasteiger partial charge in [0.2, 0.25) is 0 Å². The van der Waals surface area contributed by atoms with E-state index in [1.807, 2.05) is 6.20 Å². The van der Waals surface area contributed by atoms with Crippen LogP contribution in [-0.4, -0.2) is 36.0 Å². The van der Waals surface area contributed by atoms with Gasteiger partial charge in [0, 0.05) is 25.7 Å². The molecule has 3 rings (SSSR count). The molecule has 3 heterocycles. The minimum Gasteiger partial charge on any atom is -0.370 e. The molecule has 5 nitrogen and oxygen atoms in total.